The summed E-state index contributed by atoms with van der Waals surface area (Å²) in [6, 6.07) is 8.29. The molecule has 0 aromatic heterocycles. The van der Waals surface area contributed by atoms with Crippen LogP contribution in [0.2, 0.25) is 0 Å². The van der Waals surface area contributed by atoms with Crippen LogP contribution in [0.1, 0.15) is 18.1 Å². The highest BCUT2D eigenvalue weighted by atomic mass is 15.2. The van der Waals surface area contributed by atoms with Crippen LogP contribution in [-0.2, 0) is 13.0 Å². The standard InChI is InChI=1S/C12H15N3/c1-9(7-13)15-6-5-11-10(8-15)3-2-4-12(11)14/h2-4,9H,5-6,8,14H2,1H3. The Morgan fingerprint density at radius 1 is 1.53 bits per heavy atom. The fourth-order valence-electron chi connectivity index (χ4n) is 2.07. The molecule has 1 aliphatic heterocycles. The zero-order valence-corrected chi connectivity index (χ0v) is 8.90. The number of hydrogen-bond donors (Lipinski definition) is 1. The Labute approximate surface area is 90.1 Å². The molecule has 2 N–H and O–H groups in total. The monoisotopic (exact) mass is 201 g/mol. The van der Waals surface area contributed by atoms with Gasteiger partial charge in [-0.25, -0.2) is 0 Å². The fraction of sp³-hybridized carbons (Fsp3) is 0.417. The maximum Gasteiger partial charge on any atom is 0.0952 e. The average Bonchev–Trinajstić information content (AvgIpc) is 2.28. The summed E-state index contributed by atoms with van der Waals surface area (Å²) < 4.78 is 0. The first-order valence-corrected chi connectivity index (χ1v) is 5.22. The third kappa shape index (κ3) is 1.81. The molecule has 3 heteroatoms. The van der Waals surface area contributed by atoms with Crippen LogP contribution in [0, 0.1) is 11.3 Å². The maximum absolute atomic E-state index is 8.87. The van der Waals surface area contributed by atoms with Crippen molar-refractivity contribution in [2.45, 2.75) is 25.9 Å². The molecule has 1 unspecified atom stereocenters. The van der Waals surface area contributed by atoms with Gasteiger partial charge in [-0.05, 0) is 30.5 Å². The molecule has 0 amide bonds. The molecule has 78 valence electrons. The van der Waals surface area contributed by atoms with Crippen LogP contribution in [0.4, 0.5) is 5.69 Å². The first kappa shape index (κ1) is 10.0. The van der Waals surface area contributed by atoms with Gasteiger partial charge in [0, 0.05) is 18.8 Å². The molecule has 0 aliphatic carbocycles. The van der Waals surface area contributed by atoms with E-state index >= 15 is 0 Å². The molecular formula is C12H15N3. The van der Waals surface area contributed by atoms with Gasteiger partial charge < -0.3 is 5.73 Å². The van der Waals surface area contributed by atoms with Crippen molar-refractivity contribution in [3.05, 3.63) is 29.3 Å². The lowest BCUT2D eigenvalue weighted by molar-refractivity contribution is 0.227. The molecular weight excluding hydrogens is 186 g/mol. The summed E-state index contributed by atoms with van der Waals surface area (Å²) in [4.78, 5) is 2.18. The molecule has 1 aromatic carbocycles. The maximum atomic E-state index is 8.87. The van der Waals surface area contributed by atoms with Gasteiger partial charge in [-0.1, -0.05) is 12.1 Å². The van der Waals surface area contributed by atoms with Crippen molar-refractivity contribution < 1.29 is 0 Å². The van der Waals surface area contributed by atoms with Crippen molar-refractivity contribution in [1.82, 2.24) is 4.90 Å². The van der Waals surface area contributed by atoms with Gasteiger partial charge in [0.05, 0.1) is 12.1 Å². The molecule has 3 nitrogen and oxygen atoms in total. The van der Waals surface area contributed by atoms with E-state index in [1.807, 2.05) is 19.1 Å². The third-order valence-electron chi connectivity index (χ3n) is 3.07. The van der Waals surface area contributed by atoms with Crippen LogP contribution in [0.5, 0.6) is 0 Å². The van der Waals surface area contributed by atoms with Crippen LogP contribution in [0.3, 0.4) is 0 Å². The van der Waals surface area contributed by atoms with Gasteiger partial charge in [-0.2, -0.15) is 5.26 Å². The Kier molecular flexibility index (Phi) is 2.61. The molecule has 0 radical (unpaired) electrons. The minimum Gasteiger partial charge on any atom is -0.398 e. The van der Waals surface area contributed by atoms with Gasteiger partial charge >= 0.3 is 0 Å². The predicted molar refractivity (Wildman–Crippen MR) is 60.0 cm³/mol. The first-order valence-electron chi connectivity index (χ1n) is 5.22. The van der Waals surface area contributed by atoms with Gasteiger partial charge in [-0.3, -0.25) is 4.90 Å². The fourth-order valence-corrected chi connectivity index (χ4v) is 2.07. The lowest BCUT2D eigenvalue weighted by Crippen LogP contribution is -2.36. The largest absolute Gasteiger partial charge is 0.398 e. The van der Waals surface area contributed by atoms with E-state index < -0.39 is 0 Å². The number of rotatable bonds is 1. The SMILES string of the molecule is CC(C#N)N1CCc2c(N)cccc2C1. The van der Waals surface area contributed by atoms with E-state index in [9.17, 15) is 0 Å². The van der Waals surface area contributed by atoms with Gasteiger partial charge in [0.25, 0.3) is 0 Å². The van der Waals surface area contributed by atoms with Crippen molar-refractivity contribution in [3.8, 4) is 6.07 Å². The molecule has 1 aromatic rings. The Hall–Kier alpha value is -1.53. The second-order valence-electron chi connectivity index (χ2n) is 4.01. The normalized spacial score (nSPS) is 17.9. The zero-order valence-electron chi connectivity index (χ0n) is 8.90. The molecule has 2 rings (SSSR count). The molecule has 0 fully saturated rings. The average molecular weight is 201 g/mol. The number of nitrogens with two attached hydrogens (primary N) is 1. The summed E-state index contributed by atoms with van der Waals surface area (Å²) in [5.41, 5.74) is 9.33. The van der Waals surface area contributed by atoms with E-state index in [0.717, 1.165) is 25.2 Å². The van der Waals surface area contributed by atoms with Gasteiger partial charge in [0.1, 0.15) is 0 Å². The Morgan fingerprint density at radius 3 is 3.07 bits per heavy atom. The van der Waals surface area contributed by atoms with Crippen molar-refractivity contribution in [1.29, 1.82) is 5.26 Å². The Morgan fingerprint density at radius 2 is 2.33 bits per heavy atom. The van der Waals surface area contributed by atoms with Crippen molar-refractivity contribution in [2.75, 3.05) is 12.3 Å². The lowest BCUT2D eigenvalue weighted by Gasteiger charge is -2.30. The summed E-state index contributed by atoms with van der Waals surface area (Å²) in [5.74, 6) is 0. The number of fused-ring (bicyclic) bond motifs is 1. The highest BCUT2D eigenvalue weighted by molar-refractivity contribution is 5.51. The topological polar surface area (TPSA) is 53.0 Å². The van der Waals surface area contributed by atoms with E-state index in [-0.39, 0.29) is 6.04 Å². The molecule has 0 saturated carbocycles. The molecule has 1 heterocycles. The summed E-state index contributed by atoms with van der Waals surface area (Å²) >= 11 is 0. The third-order valence-corrected chi connectivity index (χ3v) is 3.07. The van der Waals surface area contributed by atoms with Crippen LogP contribution < -0.4 is 5.73 Å². The second kappa shape index (κ2) is 3.92. The van der Waals surface area contributed by atoms with Crippen molar-refractivity contribution >= 4 is 5.69 Å². The highest BCUT2D eigenvalue weighted by Gasteiger charge is 2.21. The number of benzene rings is 1. The van der Waals surface area contributed by atoms with E-state index in [0.29, 0.717) is 0 Å². The number of anilines is 1. The smallest absolute Gasteiger partial charge is 0.0952 e. The number of hydrogen-bond acceptors (Lipinski definition) is 3. The second-order valence-corrected chi connectivity index (χ2v) is 4.01. The molecule has 15 heavy (non-hydrogen) atoms. The van der Waals surface area contributed by atoms with Crippen LogP contribution in [0.15, 0.2) is 18.2 Å². The van der Waals surface area contributed by atoms with E-state index in [2.05, 4.69) is 17.0 Å². The molecule has 0 saturated heterocycles. The number of nitrogens with zero attached hydrogens (tertiary/aromatic N) is 2. The van der Waals surface area contributed by atoms with Crippen molar-refractivity contribution in [2.24, 2.45) is 0 Å². The van der Waals surface area contributed by atoms with E-state index in [1.54, 1.807) is 0 Å². The minimum absolute atomic E-state index is 0.0143. The van der Waals surface area contributed by atoms with E-state index in [1.165, 1.54) is 11.1 Å². The zero-order chi connectivity index (χ0) is 10.8. The minimum atomic E-state index is -0.0143. The molecule has 1 atom stereocenters. The van der Waals surface area contributed by atoms with Crippen LogP contribution in [0.25, 0.3) is 0 Å². The van der Waals surface area contributed by atoms with Gasteiger partial charge in [-0.15, -0.1) is 0 Å². The number of nitriles is 1. The summed E-state index contributed by atoms with van der Waals surface area (Å²) in [5, 5.41) is 8.87. The summed E-state index contributed by atoms with van der Waals surface area (Å²) in [7, 11) is 0. The van der Waals surface area contributed by atoms with E-state index in [4.69, 9.17) is 11.0 Å². The van der Waals surface area contributed by atoms with Crippen LogP contribution in [-0.4, -0.2) is 17.5 Å². The Bertz CT molecular complexity index is 406. The quantitative estimate of drug-likeness (QED) is 0.701. The molecule has 0 spiro atoms. The molecule has 0 bridgehead atoms. The molecule has 1 aliphatic rings. The summed E-state index contributed by atoms with van der Waals surface area (Å²) in [6.45, 7) is 3.71. The Balaban J connectivity index is 2.25. The van der Waals surface area contributed by atoms with Crippen molar-refractivity contribution in [3.63, 3.8) is 0 Å². The lowest BCUT2D eigenvalue weighted by atomic mass is 9.97. The predicted octanol–water partition coefficient (Wildman–Crippen LogP) is 1.54. The van der Waals surface area contributed by atoms with Crippen LogP contribution >= 0.6 is 0 Å². The summed E-state index contributed by atoms with van der Waals surface area (Å²) in [6.07, 6.45) is 0.952. The first-order chi connectivity index (χ1) is 7.22. The van der Waals surface area contributed by atoms with Gasteiger partial charge in [0.15, 0.2) is 0 Å². The highest BCUT2D eigenvalue weighted by Crippen LogP contribution is 2.24. The number of nitrogen functional groups attached to an aromatic ring is 1. The van der Waals surface area contributed by atoms with Gasteiger partial charge in [0.2, 0.25) is 0 Å².